The molecule has 1 saturated carbocycles. The van der Waals surface area contributed by atoms with Crippen LogP contribution in [0.4, 0.5) is 10.2 Å². The highest BCUT2D eigenvalue weighted by Gasteiger charge is 2.41. The lowest BCUT2D eigenvalue weighted by Crippen LogP contribution is -2.58. The summed E-state index contributed by atoms with van der Waals surface area (Å²) < 4.78 is 18.8. The molecule has 4 heterocycles. The Kier molecular flexibility index (Phi) is 6.77. The Morgan fingerprint density at radius 2 is 2.08 bits per heavy atom. The standard InChI is InChI=1S/C28H33FN8O3/c1-34-12-20(11-33-34)18-2-3-19(23(29)10-18)13-37(21-4-5-21)27-22-6-8-36(26(22)31-17-32-27)16-28(40)7-9-35(14-24(28)38)15-25(30)39/h2-3,6,8,10-12,17,21,24,38,40H,4-5,7,9,13-16H2,1H3,(H2,30,39)/t24-,28-/m1/s1. The number of nitrogens with zero attached hydrogens (tertiary/aromatic N) is 7. The maximum Gasteiger partial charge on any atom is 0.231 e. The van der Waals surface area contributed by atoms with E-state index in [1.807, 2.05) is 42.2 Å². The number of carbonyl (C=O) groups is 1. The van der Waals surface area contributed by atoms with E-state index in [2.05, 4.69) is 20.0 Å². The van der Waals surface area contributed by atoms with E-state index in [9.17, 15) is 15.0 Å². The Morgan fingerprint density at radius 3 is 2.75 bits per heavy atom. The Labute approximate surface area is 230 Å². The molecule has 11 nitrogen and oxygen atoms in total. The minimum absolute atomic E-state index is 0.0416. The van der Waals surface area contributed by atoms with Gasteiger partial charge in [0.2, 0.25) is 5.91 Å². The van der Waals surface area contributed by atoms with Crippen LogP contribution in [0.25, 0.3) is 22.2 Å². The third-order valence-electron chi connectivity index (χ3n) is 7.96. The monoisotopic (exact) mass is 548 g/mol. The number of nitrogens with two attached hydrogens (primary N) is 1. The number of rotatable bonds is 9. The lowest BCUT2D eigenvalue weighted by atomic mass is 9.88. The molecule has 1 aliphatic heterocycles. The predicted octanol–water partition coefficient (Wildman–Crippen LogP) is 1.42. The van der Waals surface area contributed by atoms with Crippen LogP contribution in [0.5, 0.6) is 0 Å². The molecule has 12 heteroatoms. The van der Waals surface area contributed by atoms with Crippen LogP contribution in [0.2, 0.25) is 0 Å². The number of piperidine rings is 1. The van der Waals surface area contributed by atoms with Gasteiger partial charge in [0.25, 0.3) is 0 Å². The Morgan fingerprint density at radius 1 is 1.25 bits per heavy atom. The van der Waals surface area contributed by atoms with E-state index in [0.29, 0.717) is 30.1 Å². The van der Waals surface area contributed by atoms with Crippen molar-refractivity contribution in [3.8, 4) is 11.1 Å². The van der Waals surface area contributed by atoms with Crippen LogP contribution in [0.15, 0.2) is 49.2 Å². The first-order valence-corrected chi connectivity index (χ1v) is 13.5. The fraction of sp³-hybridized carbons (Fsp3) is 0.429. The van der Waals surface area contributed by atoms with Gasteiger partial charge in [-0.25, -0.2) is 14.4 Å². The number of anilines is 1. The number of carbonyl (C=O) groups excluding carboxylic acids is 1. The van der Waals surface area contributed by atoms with Crippen LogP contribution < -0.4 is 10.6 Å². The van der Waals surface area contributed by atoms with Gasteiger partial charge in [-0.05, 0) is 37.0 Å². The molecule has 2 atom stereocenters. The maximum atomic E-state index is 15.3. The van der Waals surface area contributed by atoms with E-state index in [4.69, 9.17) is 5.73 Å². The number of aliphatic hydroxyl groups excluding tert-OH is 1. The Bertz CT molecular complexity index is 1550. The number of primary amides is 1. The Balaban J connectivity index is 1.24. The van der Waals surface area contributed by atoms with Gasteiger partial charge in [-0.15, -0.1) is 0 Å². The van der Waals surface area contributed by atoms with E-state index >= 15 is 4.39 Å². The molecule has 1 amide bonds. The summed E-state index contributed by atoms with van der Waals surface area (Å²) in [6.07, 6.45) is 8.10. The highest BCUT2D eigenvalue weighted by Crippen LogP contribution is 2.37. The molecule has 4 aromatic rings. The molecule has 0 bridgehead atoms. The summed E-state index contributed by atoms with van der Waals surface area (Å²) in [5.41, 5.74) is 6.73. The topological polar surface area (TPSA) is 139 Å². The lowest BCUT2D eigenvalue weighted by Gasteiger charge is -2.42. The van der Waals surface area contributed by atoms with Crippen LogP contribution in [0.1, 0.15) is 24.8 Å². The summed E-state index contributed by atoms with van der Waals surface area (Å²) in [5.74, 6) is -0.0395. The van der Waals surface area contributed by atoms with Crippen LogP contribution >= 0.6 is 0 Å². The number of β-amino-alcohol motifs (C(OH)–C–C–N with tert-alkyl or cyclic N) is 1. The molecule has 1 aliphatic carbocycles. The predicted molar refractivity (Wildman–Crippen MR) is 147 cm³/mol. The van der Waals surface area contributed by atoms with E-state index in [-0.39, 0.29) is 37.9 Å². The van der Waals surface area contributed by atoms with Gasteiger partial charge in [0.1, 0.15) is 29.2 Å². The highest BCUT2D eigenvalue weighted by molar-refractivity contribution is 5.88. The maximum absolute atomic E-state index is 15.3. The van der Waals surface area contributed by atoms with Crippen molar-refractivity contribution in [2.24, 2.45) is 12.8 Å². The molecule has 2 fully saturated rings. The van der Waals surface area contributed by atoms with Gasteiger partial charge in [-0.1, -0.05) is 12.1 Å². The molecule has 3 aromatic heterocycles. The summed E-state index contributed by atoms with van der Waals surface area (Å²) >= 11 is 0. The van der Waals surface area contributed by atoms with Crippen molar-refractivity contribution in [1.29, 1.82) is 0 Å². The van der Waals surface area contributed by atoms with E-state index in [1.165, 1.54) is 6.33 Å². The summed E-state index contributed by atoms with van der Waals surface area (Å²) in [5, 5.41) is 27.0. The summed E-state index contributed by atoms with van der Waals surface area (Å²) in [6.45, 7) is 1.13. The minimum Gasteiger partial charge on any atom is -0.389 e. The highest BCUT2D eigenvalue weighted by atomic mass is 19.1. The summed E-state index contributed by atoms with van der Waals surface area (Å²) in [4.78, 5) is 24.2. The van der Waals surface area contributed by atoms with Crippen molar-refractivity contribution in [3.05, 3.63) is 60.6 Å². The van der Waals surface area contributed by atoms with Crippen molar-refractivity contribution in [1.82, 2.24) is 29.2 Å². The van der Waals surface area contributed by atoms with E-state index in [0.717, 1.165) is 29.4 Å². The van der Waals surface area contributed by atoms with Gasteiger partial charge in [0.05, 0.1) is 30.8 Å². The fourth-order valence-corrected chi connectivity index (χ4v) is 5.59. The van der Waals surface area contributed by atoms with Crippen molar-refractivity contribution in [2.45, 2.75) is 50.1 Å². The molecule has 4 N–H and O–H groups in total. The quantitative estimate of drug-likeness (QED) is 0.286. The molecule has 0 radical (unpaired) electrons. The van der Waals surface area contributed by atoms with Crippen LogP contribution in [0, 0.1) is 5.82 Å². The number of halogens is 1. The number of likely N-dealkylation sites (tertiary alicyclic amines) is 1. The first kappa shape index (κ1) is 26.4. The third kappa shape index (κ3) is 5.17. The SMILES string of the molecule is Cn1cc(-c2ccc(CN(c3ncnc4c3ccn4C[C@]3(O)CCN(CC(N)=O)C[C@H]3O)C3CC3)c(F)c2)cn1. The molecule has 2 aliphatic rings. The fourth-order valence-electron chi connectivity index (χ4n) is 5.59. The number of amides is 1. The first-order valence-electron chi connectivity index (χ1n) is 13.5. The largest absolute Gasteiger partial charge is 0.389 e. The zero-order valence-electron chi connectivity index (χ0n) is 22.3. The van der Waals surface area contributed by atoms with E-state index < -0.39 is 17.6 Å². The molecule has 1 aromatic carbocycles. The summed E-state index contributed by atoms with van der Waals surface area (Å²) in [6, 6.07) is 7.43. The number of fused-ring (bicyclic) bond motifs is 1. The molecule has 1 saturated heterocycles. The molecule has 40 heavy (non-hydrogen) atoms. The van der Waals surface area contributed by atoms with Gasteiger partial charge < -0.3 is 25.4 Å². The normalized spacial score (nSPS) is 21.6. The summed E-state index contributed by atoms with van der Waals surface area (Å²) in [7, 11) is 1.83. The van der Waals surface area contributed by atoms with Crippen molar-refractivity contribution < 1.29 is 19.4 Å². The number of aryl methyl sites for hydroxylation is 1. The van der Waals surface area contributed by atoms with Crippen LogP contribution in [-0.4, -0.2) is 82.7 Å². The van der Waals surface area contributed by atoms with Gasteiger partial charge in [0, 0.05) is 56.2 Å². The number of hydrogen-bond acceptors (Lipinski definition) is 8. The van der Waals surface area contributed by atoms with Crippen molar-refractivity contribution in [3.63, 3.8) is 0 Å². The number of benzene rings is 1. The second-order valence-corrected chi connectivity index (χ2v) is 11.0. The average Bonchev–Trinajstić information content (AvgIpc) is 3.54. The second-order valence-electron chi connectivity index (χ2n) is 11.0. The van der Waals surface area contributed by atoms with Crippen molar-refractivity contribution in [2.75, 3.05) is 24.5 Å². The Hall–Kier alpha value is -3.87. The van der Waals surface area contributed by atoms with Gasteiger partial charge >= 0.3 is 0 Å². The molecule has 6 rings (SSSR count). The number of aliphatic hydroxyl groups is 2. The molecule has 210 valence electrons. The van der Waals surface area contributed by atoms with E-state index in [1.54, 1.807) is 21.8 Å². The van der Waals surface area contributed by atoms with Crippen LogP contribution in [-0.2, 0) is 24.9 Å². The van der Waals surface area contributed by atoms with Crippen LogP contribution in [0.3, 0.4) is 0 Å². The zero-order chi connectivity index (χ0) is 28.0. The smallest absolute Gasteiger partial charge is 0.231 e. The zero-order valence-corrected chi connectivity index (χ0v) is 22.3. The molecule has 0 spiro atoms. The minimum atomic E-state index is -1.39. The second kappa shape index (κ2) is 10.3. The van der Waals surface area contributed by atoms with Gasteiger partial charge in [-0.3, -0.25) is 14.4 Å². The number of hydrogen-bond donors (Lipinski definition) is 3. The number of aromatic nitrogens is 5. The first-order chi connectivity index (χ1) is 19.2. The average molecular weight is 549 g/mol. The molecule has 0 unspecified atom stereocenters. The lowest BCUT2D eigenvalue weighted by molar-refractivity contribution is -0.135. The third-order valence-corrected chi connectivity index (χ3v) is 7.96. The van der Waals surface area contributed by atoms with Crippen molar-refractivity contribution >= 4 is 22.8 Å². The molecular formula is C28H33FN8O3. The van der Waals surface area contributed by atoms with Gasteiger partial charge in [0.15, 0.2) is 0 Å². The van der Waals surface area contributed by atoms with Gasteiger partial charge in [-0.2, -0.15) is 5.10 Å². The molecular weight excluding hydrogens is 515 g/mol.